The van der Waals surface area contributed by atoms with Crippen LogP contribution in [-0.4, -0.2) is 37.4 Å². The van der Waals surface area contributed by atoms with E-state index in [1.54, 1.807) is 11.4 Å². The average molecular weight is 454 g/mol. The van der Waals surface area contributed by atoms with Crippen molar-refractivity contribution in [2.24, 2.45) is 0 Å². The van der Waals surface area contributed by atoms with E-state index >= 15 is 0 Å². The zero-order chi connectivity index (χ0) is 22.4. The molecule has 9 nitrogen and oxygen atoms in total. The van der Waals surface area contributed by atoms with Crippen molar-refractivity contribution in [3.63, 3.8) is 0 Å². The highest BCUT2D eigenvalue weighted by molar-refractivity contribution is 7.17. The van der Waals surface area contributed by atoms with Crippen molar-refractivity contribution in [3.8, 4) is 0 Å². The third kappa shape index (κ3) is 3.45. The maximum Gasteiger partial charge on any atom is 0.352 e. The van der Waals surface area contributed by atoms with Crippen LogP contribution in [0.15, 0.2) is 39.2 Å². The van der Waals surface area contributed by atoms with Gasteiger partial charge >= 0.3 is 5.69 Å². The first-order chi connectivity index (χ1) is 15.4. The van der Waals surface area contributed by atoms with Gasteiger partial charge in [-0.15, -0.1) is 16.4 Å². The summed E-state index contributed by atoms with van der Waals surface area (Å²) < 4.78 is 10.2. The van der Waals surface area contributed by atoms with Crippen molar-refractivity contribution in [2.45, 2.75) is 45.9 Å². The Morgan fingerprint density at radius 2 is 2.03 bits per heavy atom. The number of amides is 1. The normalized spacial score (nSPS) is 16.2. The molecule has 10 heteroatoms. The number of hydrogen-bond acceptors (Lipinski definition) is 6. The highest BCUT2D eigenvalue weighted by Crippen LogP contribution is 2.21. The van der Waals surface area contributed by atoms with E-state index in [1.807, 2.05) is 32.0 Å². The van der Waals surface area contributed by atoms with Gasteiger partial charge in [-0.2, -0.15) is 0 Å². The van der Waals surface area contributed by atoms with Crippen LogP contribution in [-0.2, 0) is 22.6 Å². The molecule has 0 spiro atoms. The van der Waals surface area contributed by atoms with Gasteiger partial charge in [0, 0.05) is 12.3 Å². The van der Waals surface area contributed by atoms with Gasteiger partial charge in [0.05, 0.1) is 18.2 Å². The number of aryl methyl sites for hydroxylation is 2. The fraction of sp³-hybridized carbons (Fsp3) is 0.364. The zero-order valence-electron chi connectivity index (χ0n) is 17.8. The van der Waals surface area contributed by atoms with Crippen molar-refractivity contribution < 1.29 is 9.53 Å². The summed E-state index contributed by atoms with van der Waals surface area (Å²) in [5, 5.41) is 9.05. The summed E-state index contributed by atoms with van der Waals surface area (Å²) in [4.78, 5) is 39.1. The molecule has 0 radical (unpaired) electrons. The molecule has 4 aromatic rings. The van der Waals surface area contributed by atoms with Crippen LogP contribution in [0.4, 0.5) is 5.69 Å². The lowest BCUT2D eigenvalue weighted by atomic mass is 10.1. The second-order valence-corrected chi connectivity index (χ2v) is 8.99. The van der Waals surface area contributed by atoms with Crippen LogP contribution in [0.2, 0.25) is 0 Å². The van der Waals surface area contributed by atoms with E-state index in [4.69, 9.17) is 4.74 Å². The van der Waals surface area contributed by atoms with Gasteiger partial charge in [-0.25, -0.2) is 13.9 Å². The van der Waals surface area contributed by atoms with Crippen LogP contribution in [0.25, 0.3) is 16.0 Å². The van der Waals surface area contributed by atoms with Crippen molar-refractivity contribution in [1.82, 2.24) is 18.7 Å². The van der Waals surface area contributed by atoms with Gasteiger partial charge in [-0.05, 0) is 49.3 Å². The Hall–Kier alpha value is -3.24. The number of ether oxygens (including phenoxy) is 1. The van der Waals surface area contributed by atoms with E-state index in [2.05, 4.69) is 10.4 Å². The number of nitrogens with zero attached hydrogens (tertiary/aromatic N) is 4. The summed E-state index contributed by atoms with van der Waals surface area (Å²) in [6.45, 7) is 4.56. The number of hydrogen-bond donors (Lipinski definition) is 1. The van der Waals surface area contributed by atoms with Gasteiger partial charge in [0.15, 0.2) is 0 Å². The number of nitrogens with one attached hydrogen (secondary N) is 1. The van der Waals surface area contributed by atoms with Gasteiger partial charge in [0.2, 0.25) is 11.7 Å². The van der Waals surface area contributed by atoms with Gasteiger partial charge in [-0.1, -0.05) is 18.2 Å². The van der Waals surface area contributed by atoms with Crippen molar-refractivity contribution in [1.29, 1.82) is 0 Å². The molecule has 1 amide bonds. The highest BCUT2D eigenvalue weighted by Gasteiger charge is 2.23. The first kappa shape index (κ1) is 20.7. The highest BCUT2D eigenvalue weighted by atomic mass is 32.1. The molecular weight excluding hydrogens is 430 g/mol. The summed E-state index contributed by atoms with van der Waals surface area (Å²) >= 11 is 1.29. The molecule has 1 aliphatic rings. The monoisotopic (exact) mass is 453 g/mol. The molecule has 0 saturated carbocycles. The van der Waals surface area contributed by atoms with E-state index in [1.165, 1.54) is 20.3 Å². The van der Waals surface area contributed by atoms with E-state index in [9.17, 15) is 14.4 Å². The third-order valence-corrected chi connectivity index (χ3v) is 6.73. The molecule has 1 N–H and O–H groups in total. The number of fused-ring (bicyclic) bond motifs is 3. The average Bonchev–Trinajstić information content (AvgIpc) is 3.50. The fourth-order valence-electron chi connectivity index (χ4n) is 4.22. The topological polar surface area (TPSA) is 99.6 Å². The lowest BCUT2D eigenvalue weighted by Gasteiger charge is -2.12. The number of rotatable bonds is 5. The Labute approximate surface area is 186 Å². The number of aromatic nitrogens is 4. The summed E-state index contributed by atoms with van der Waals surface area (Å²) in [7, 11) is 0. The number of thiophene rings is 1. The Morgan fingerprint density at radius 1 is 1.25 bits per heavy atom. The Bertz CT molecular complexity index is 1430. The number of para-hydroxylation sites is 1. The molecule has 1 aliphatic heterocycles. The minimum atomic E-state index is -0.457. The molecule has 5 rings (SSSR count). The second kappa shape index (κ2) is 8.03. The molecule has 1 unspecified atom stereocenters. The molecule has 0 aliphatic carbocycles. The van der Waals surface area contributed by atoms with Crippen molar-refractivity contribution in [2.75, 3.05) is 11.9 Å². The van der Waals surface area contributed by atoms with Gasteiger partial charge in [0.25, 0.3) is 5.56 Å². The minimum Gasteiger partial charge on any atom is -0.376 e. The molecule has 0 bridgehead atoms. The molecule has 3 aromatic heterocycles. The van der Waals surface area contributed by atoms with E-state index in [-0.39, 0.29) is 29.9 Å². The predicted molar refractivity (Wildman–Crippen MR) is 123 cm³/mol. The summed E-state index contributed by atoms with van der Waals surface area (Å²) in [5.74, 6) is -0.135. The SMILES string of the molecule is Cc1cccc(C)c1NC(=O)Cn1nc2n(CC3CCCO3)c(=O)c3sccc3n2c1=O. The molecule has 1 saturated heterocycles. The van der Waals surface area contributed by atoms with E-state index in [0.29, 0.717) is 23.4 Å². The van der Waals surface area contributed by atoms with Gasteiger partial charge in [0.1, 0.15) is 11.2 Å². The Morgan fingerprint density at radius 3 is 2.75 bits per heavy atom. The summed E-state index contributed by atoms with van der Waals surface area (Å²) in [5.41, 5.74) is 2.45. The maximum absolute atomic E-state index is 13.2. The number of anilines is 1. The van der Waals surface area contributed by atoms with Gasteiger partial charge in [-0.3, -0.25) is 14.2 Å². The summed E-state index contributed by atoms with van der Waals surface area (Å²) in [6, 6.07) is 7.48. The minimum absolute atomic E-state index is 0.0958. The smallest absolute Gasteiger partial charge is 0.352 e. The van der Waals surface area contributed by atoms with Crippen LogP contribution >= 0.6 is 11.3 Å². The fourth-order valence-corrected chi connectivity index (χ4v) is 5.04. The lowest BCUT2D eigenvalue weighted by Crippen LogP contribution is -2.30. The Kier molecular flexibility index (Phi) is 5.18. The first-order valence-corrected chi connectivity index (χ1v) is 11.4. The standard InChI is InChI=1S/C22H23N5O4S/c1-13-5-3-6-14(2)18(13)23-17(28)12-26-22(30)27-16-8-10-32-19(16)20(29)25(21(27)24-26)11-15-7-4-9-31-15/h3,5-6,8,10,15H,4,7,9,11-12H2,1-2H3,(H,23,28). The van der Waals surface area contributed by atoms with Crippen LogP contribution in [0.3, 0.4) is 0 Å². The third-order valence-electron chi connectivity index (χ3n) is 5.84. The van der Waals surface area contributed by atoms with Crippen LogP contribution in [0.1, 0.15) is 24.0 Å². The first-order valence-electron chi connectivity index (χ1n) is 10.5. The van der Waals surface area contributed by atoms with Crippen LogP contribution < -0.4 is 16.6 Å². The molecule has 166 valence electrons. The van der Waals surface area contributed by atoms with Crippen molar-refractivity contribution in [3.05, 3.63) is 61.6 Å². The van der Waals surface area contributed by atoms with E-state index in [0.717, 1.165) is 34.3 Å². The zero-order valence-corrected chi connectivity index (χ0v) is 18.6. The number of carbonyl (C=O) groups is 1. The largest absolute Gasteiger partial charge is 0.376 e. The molecule has 1 aromatic carbocycles. The molecule has 4 heterocycles. The van der Waals surface area contributed by atoms with Crippen LogP contribution in [0, 0.1) is 13.8 Å². The van der Waals surface area contributed by atoms with E-state index < -0.39 is 5.69 Å². The molecule has 1 fully saturated rings. The predicted octanol–water partition coefficient (Wildman–Crippen LogP) is 2.31. The molecule has 1 atom stereocenters. The lowest BCUT2D eigenvalue weighted by molar-refractivity contribution is -0.117. The second-order valence-electron chi connectivity index (χ2n) is 8.08. The van der Waals surface area contributed by atoms with Crippen molar-refractivity contribution >= 4 is 38.9 Å². The molecule has 32 heavy (non-hydrogen) atoms. The molecular formula is C22H23N5O4S. The van der Waals surface area contributed by atoms with Gasteiger partial charge < -0.3 is 10.1 Å². The number of carbonyl (C=O) groups excluding carboxylic acids is 1. The maximum atomic E-state index is 13.2. The quantitative estimate of drug-likeness (QED) is 0.500. The Balaban J connectivity index is 1.56. The number of benzene rings is 1. The summed E-state index contributed by atoms with van der Waals surface area (Å²) in [6.07, 6.45) is 1.70. The van der Waals surface area contributed by atoms with Crippen LogP contribution in [0.5, 0.6) is 0 Å².